The fourth-order valence-electron chi connectivity index (χ4n) is 1.69. The Kier molecular flexibility index (Phi) is 4.45. The van der Waals surface area contributed by atoms with E-state index in [1.807, 2.05) is 22.9 Å². The molecule has 0 spiro atoms. The first-order valence-electron chi connectivity index (χ1n) is 5.36. The number of imidazole rings is 1. The molecule has 1 heterocycles. The number of H-pyrrole nitrogens is 1. The number of ether oxygens (including phenoxy) is 1. The smallest absolute Gasteiger partial charge is 0.177 e. The molecule has 0 amide bonds. The molecule has 3 nitrogen and oxygen atoms in total. The van der Waals surface area contributed by atoms with Gasteiger partial charge in [0.05, 0.1) is 22.3 Å². The molecule has 0 aliphatic heterocycles. The number of methoxy groups -OCH3 is 1. The van der Waals surface area contributed by atoms with Gasteiger partial charge in [-0.3, -0.25) is 0 Å². The van der Waals surface area contributed by atoms with Gasteiger partial charge in [-0.2, -0.15) is 0 Å². The Labute approximate surface area is 120 Å². The van der Waals surface area contributed by atoms with Crippen LogP contribution in [0.25, 0.3) is 11.3 Å². The van der Waals surface area contributed by atoms with E-state index < -0.39 is 0 Å². The third-order valence-corrected chi connectivity index (χ3v) is 3.68. The maximum atomic E-state index is 6.03. The first kappa shape index (κ1) is 13.6. The lowest BCUT2D eigenvalue weighted by atomic mass is 10.1. The standard InChI is InChI=1S/C12H12Cl2N2OS/c1-17-5-4-16-11(7-15-12(16)18)8-2-3-9(13)10(14)6-8/h2-3,6-7H,4-5H2,1H3,(H,15,18). The van der Waals surface area contributed by atoms with E-state index in [1.165, 1.54) is 0 Å². The molecule has 1 aromatic heterocycles. The third kappa shape index (κ3) is 2.78. The predicted molar refractivity (Wildman–Crippen MR) is 76.9 cm³/mol. The minimum absolute atomic E-state index is 0.527. The number of aromatic nitrogens is 2. The third-order valence-electron chi connectivity index (χ3n) is 2.60. The summed E-state index contributed by atoms with van der Waals surface area (Å²) in [6.07, 6.45) is 1.86. The molecule has 0 unspecified atom stereocenters. The van der Waals surface area contributed by atoms with Crippen molar-refractivity contribution < 1.29 is 4.74 Å². The van der Waals surface area contributed by atoms with Crippen LogP contribution in [0.15, 0.2) is 24.4 Å². The van der Waals surface area contributed by atoms with E-state index in [1.54, 1.807) is 13.2 Å². The van der Waals surface area contributed by atoms with Gasteiger partial charge in [-0.1, -0.05) is 29.3 Å². The highest BCUT2D eigenvalue weighted by Crippen LogP contribution is 2.28. The summed E-state index contributed by atoms with van der Waals surface area (Å²) in [5, 5.41) is 1.07. The van der Waals surface area contributed by atoms with Crippen LogP contribution in [0, 0.1) is 4.77 Å². The first-order chi connectivity index (χ1) is 8.63. The number of nitrogens with zero attached hydrogens (tertiary/aromatic N) is 1. The average Bonchev–Trinajstić information content (AvgIpc) is 2.72. The molecule has 96 valence electrons. The Hall–Kier alpha value is -0.810. The Morgan fingerprint density at radius 1 is 1.33 bits per heavy atom. The van der Waals surface area contributed by atoms with E-state index in [2.05, 4.69) is 4.98 Å². The minimum Gasteiger partial charge on any atom is -0.383 e. The largest absolute Gasteiger partial charge is 0.383 e. The van der Waals surface area contributed by atoms with Gasteiger partial charge in [0.2, 0.25) is 0 Å². The fourth-order valence-corrected chi connectivity index (χ4v) is 2.24. The van der Waals surface area contributed by atoms with Crippen LogP contribution >= 0.6 is 35.4 Å². The topological polar surface area (TPSA) is 29.9 Å². The van der Waals surface area contributed by atoms with Crippen LogP contribution in [0.3, 0.4) is 0 Å². The van der Waals surface area contributed by atoms with Crippen LogP contribution in [0.1, 0.15) is 0 Å². The number of halogens is 2. The Balaban J connectivity index is 2.43. The summed E-state index contributed by atoms with van der Waals surface area (Å²) in [5.41, 5.74) is 1.93. The summed E-state index contributed by atoms with van der Waals surface area (Å²) < 4.78 is 7.71. The van der Waals surface area contributed by atoms with Crippen molar-refractivity contribution in [3.63, 3.8) is 0 Å². The number of benzene rings is 1. The maximum Gasteiger partial charge on any atom is 0.177 e. The Morgan fingerprint density at radius 3 is 2.78 bits per heavy atom. The summed E-state index contributed by atoms with van der Waals surface area (Å²) >= 11 is 17.2. The number of hydrogen-bond donors (Lipinski definition) is 1. The molecular weight excluding hydrogens is 291 g/mol. The molecule has 0 saturated heterocycles. The van der Waals surface area contributed by atoms with Crippen molar-refractivity contribution in [1.29, 1.82) is 0 Å². The summed E-state index contributed by atoms with van der Waals surface area (Å²) in [6.45, 7) is 1.29. The molecule has 0 aliphatic rings. The predicted octanol–water partition coefficient (Wildman–Crippen LogP) is 4.17. The van der Waals surface area contributed by atoms with Gasteiger partial charge in [-0.15, -0.1) is 0 Å². The average molecular weight is 303 g/mol. The van der Waals surface area contributed by atoms with E-state index in [-0.39, 0.29) is 0 Å². The quantitative estimate of drug-likeness (QED) is 0.859. The minimum atomic E-state index is 0.527. The zero-order valence-corrected chi connectivity index (χ0v) is 12.1. The summed E-state index contributed by atoms with van der Waals surface area (Å²) in [7, 11) is 1.66. The summed E-state index contributed by atoms with van der Waals surface area (Å²) in [5.74, 6) is 0. The van der Waals surface area contributed by atoms with Gasteiger partial charge in [0, 0.05) is 25.4 Å². The van der Waals surface area contributed by atoms with E-state index in [0.29, 0.717) is 28.0 Å². The van der Waals surface area contributed by atoms with Gasteiger partial charge < -0.3 is 14.3 Å². The molecular formula is C12H12Cl2N2OS. The van der Waals surface area contributed by atoms with Gasteiger partial charge in [0.15, 0.2) is 4.77 Å². The lowest BCUT2D eigenvalue weighted by Gasteiger charge is -2.08. The second kappa shape index (κ2) is 5.89. The van der Waals surface area contributed by atoms with E-state index in [4.69, 9.17) is 40.2 Å². The molecule has 0 saturated carbocycles. The van der Waals surface area contributed by atoms with Crippen LogP contribution in [0.5, 0.6) is 0 Å². The molecule has 0 fully saturated rings. The van der Waals surface area contributed by atoms with Crippen LogP contribution in [0.4, 0.5) is 0 Å². The summed E-state index contributed by atoms with van der Waals surface area (Å²) in [4.78, 5) is 3.02. The van der Waals surface area contributed by atoms with E-state index >= 15 is 0 Å². The zero-order valence-electron chi connectivity index (χ0n) is 9.74. The number of hydrogen-bond acceptors (Lipinski definition) is 2. The molecule has 6 heteroatoms. The molecule has 0 bridgehead atoms. The van der Waals surface area contributed by atoms with Gasteiger partial charge in [0.1, 0.15) is 0 Å². The van der Waals surface area contributed by atoms with Crippen molar-refractivity contribution in [3.05, 3.63) is 39.2 Å². The van der Waals surface area contributed by atoms with Gasteiger partial charge in [0.25, 0.3) is 0 Å². The van der Waals surface area contributed by atoms with E-state index in [9.17, 15) is 0 Å². The van der Waals surface area contributed by atoms with Crippen LogP contribution in [0.2, 0.25) is 10.0 Å². The highest BCUT2D eigenvalue weighted by atomic mass is 35.5. The first-order valence-corrected chi connectivity index (χ1v) is 6.52. The van der Waals surface area contributed by atoms with Crippen LogP contribution in [-0.4, -0.2) is 23.3 Å². The van der Waals surface area contributed by atoms with Gasteiger partial charge in [-0.25, -0.2) is 0 Å². The van der Waals surface area contributed by atoms with Crippen molar-refractivity contribution in [1.82, 2.24) is 9.55 Å². The lowest BCUT2D eigenvalue weighted by Crippen LogP contribution is -2.05. The normalized spacial score (nSPS) is 10.8. The second-order valence-corrected chi connectivity index (χ2v) is 4.95. The monoisotopic (exact) mass is 302 g/mol. The highest BCUT2D eigenvalue weighted by molar-refractivity contribution is 7.71. The van der Waals surface area contributed by atoms with Crippen molar-refractivity contribution in [2.24, 2.45) is 0 Å². The van der Waals surface area contributed by atoms with Gasteiger partial charge >= 0.3 is 0 Å². The molecule has 0 radical (unpaired) electrons. The van der Waals surface area contributed by atoms with Crippen molar-refractivity contribution in [2.45, 2.75) is 6.54 Å². The molecule has 1 N–H and O–H groups in total. The Bertz CT molecular complexity index is 606. The van der Waals surface area contributed by atoms with Crippen molar-refractivity contribution in [3.8, 4) is 11.3 Å². The molecule has 0 aliphatic carbocycles. The number of nitrogens with one attached hydrogen (secondary N) is 1. The van der Waals surface area contributed by atoms with Crippen LogP contribution < -0.4 is 0 Å². The zero-order chi connectivity index (χ0) is 13.1. The molecule has 18 heavy (non-hydrogen) atoms. The van der Waals surface area contributed by atoms with Crippen molar-refractivity contribution >= 4 is 35.4 Å². The lowest BCUT2D eigenvalue weighted by molar-refractivity contribution is 0.187. The Morgan fingerprint density at radius 2 is 2.11 bits per heavy atom. The molecule has 2 rings (SSSR count). The van der Waals surface area contributed by atoms with Crippen molar-refractivity contribution in [2.75, 3.05) is 13.7 Å². The molecule has 2 aromatic rings. The molecule has 1 aromatic carbocycles. The number of aromatic amines is 1. The van der Waals surface area contributed by atoms with Gasteiger partial charge in [-0.05, 0) is 24.4 Å². The second-order valence-electron chi connectivity index (χ2n) is 3.75. The maximum absolute atomic E-state index is 6.03. The fraction of sp³-hybridized carbons (Fsp3) is 0.250. The highest BCUT2D eigenvalue weighted by Gasteiger charge is 2.08. The number of rotatable bonds is 4. The summed E-state index contributed by atoms with van der Waals surface area (Å²) in [6, 6.07) is 5.51. The van der Waals surface area contributed by atoms with E-state index in [0.717, 1.165) is 11.3 Å². The van der Waals surface area contributed by atoms with Crippen LogP contribution in [-0.2, 0) is 11.3 Å². The molecule has 0 atom stereocenters. The SMILES string of the molecule is COCCn1c(-c2ccc(Cl)c(Cl)c2)c[nH]c1=S.